The molecule has 0 fully saturated rings. The number of nitrogens with one attached hydrogen (secondary N) is 1. The van der Waals surface area contributed by atoms with Crippen LogP contribution in [0.5, 0.6) is 11.5 Å². The van der Waals surface area contributed by atoms with Crippen molar-refractivity contribution in [3.05, 3.63) is 88.2 Å². The van der Waals surface area contributed by atoms with E-state index in [9.17, 15) is 4.39 Å². The van der Waals surface area contributed by atoms with Crippen LogP contribution in [0.15, 0.2) is 60.7 Å². The first-order valence-electron chi connectivity index (χ1n) is 8.60. The summed E-state index contributed by atoms with van der Waals surface area (Å²) in [6.45, 7) is 2.88. The highest BCUT2D eigenvalue weighted by atomic mass is 35.5. The number of halogens is 2. The van der Waals surface area contributed by atoms with Crippen molar-refractivity contribution in [2.75, 3.05) is 12.4 Å². The monoisotopic (exact) mass is 385 g/mol. The molecule has 0 amide bonds. The SMILES string of the molecule is COc1cc(CNc2cccc(Cl)c2C)ccc1OCc1cccc(F)c1. The number of ether oxygens (including phenoxy) is 2. The zero-order chi connectivity index (χ0) is 19.2. The van der Waals surface area contributed by atoms with Gasteiger partial charge in [0.1, 0.15) is 12.4 Å². The third-order valence-corrected chi connectivity index (χ3v) is 4.67. The van der Waals surface area contributed by atoms with Gasteiger partial charge >= 0.3 is 0 Å². The van der Waals surface area contributed by atoms with Crippen molar-refractivity contribution in [3.63, 3.8) is 0 Å². The summed E-state index contributed by atoms with van der Waals surface area (Å²) in [7, 11) is 1.60. The molecule has 27 heavy (non-hydrogen) atoms. The van der Waals surface area contributed by atoms with Crippen molar-refractivity contribution >= 4 is 17.3 Å². The van der Waals surface area contributed by atoms with Crippen molar-refractivity contribution in [1.82, 2.24) is 0 Å². The van der Waals surface area contributed by atoms with E-state index in [1.165, 1.54) is 12.1 Å². The highest BCUT2D eigenvalue weighted by molar-refractivity contribution is 6.31. The molecule has 3 nitrogen and oxygen atoms in total. The summed E-state index contributed by atoms with van der Waals surface area (Å²) in [4.78, 5) is 0. The van der Waals surface area contributed by atoms with Crippen LogP contribution in [-0.4, -0.2) is 7.11 Å². The van der Waals surface area contributed by atoms with Crippen LogP contribution in [0.3, 0.4) is 0 Å². The second kappa shape index (κ2) is 8.78. The smallest absolute Gasteiger partial charge is 0.161 e. The molecule has 5 heteroatoms. The number of benzene rings is 3. The van der Waals surface area contributed by atoms with E-state index >= 15 is 0 Å². The molecule has 1 N–H and O–H groups in total. The molecule has 3 aromatic rings. The van der Waals surface area contributed by atoms with Gasteiger partial charge in [-0.1, -0.05) is 35.9 Å². The summed E-state index contributed by atoms with van der Waals surface area (Å²) in [6.07, 6.45) is 0. The topological polar surface area (TPSA) is 30.5 Å². The normalized spacial score (nSPS) is 10.5. The summed E-state index contributed by atoms with van der Waals surface area (Å²) in [5.74, 6) is 0.971. The number of anilines is 1. The van der Waals surface area contributed by atoms with Crippen LogP contribution in [0.1, 0.15) is 16.7 Å². The summed E-state index contributed by atoms with van der Waals surface area (Å²) in [5, 5.41) is 4.12. The number of hydrogen-bond donors (Lipinski definition) is 1. The minimum absolute atomic E-state index is 0.271. The van der Waals surface area contributed by atoms with Gasteiger partial charge in [0.25, 0.3) is 0 Å². The maximum Gasteiger partial charge on any atom is 0.161 e. The van der Waals surface area contributed by atoms with Gasteiger partial charge < -0.3 is 14.8 Å². The molecule has 3 rings (SSSR count). The van der Waals surface area contributed by atoms with E-state index in [-0.39, 0.29) is 12.4 Å². The van der Waals surface area contributed by atoms with Crippen LogP contribution in [0.2, 0.25) is 5.02 Å². The van der Waals surface area contributed by atoms with Crippen molar-refractivity contribution in [2.45, 2.75) is 20.1 Å². The predicted molar refractivity (Wildman–Crippen MR) is 107 cm³/mol. The molecule has 0 unspecified atom stereocenters. The predicted octanol–water partition coefficient (Wildman–Crippen LogP) is 5.99. The lowest BCUT2D eigenvalue weighted by Crippen LogP contribution is -2.03. The molecule has 0 spiro atoms. The fourth-order valence-corrected chi connectivity index (χ4v) is 2.90. The molecule has 0 aliphatic carbocycles. The van der Waals surface area contributed by atoms with Crippen molar-refractivity contribution in [1.29, 1.82) is 0 Å². The Bertz CT molecular complexity index is 930. The van der Waals surface area contributed by atoms with Crippen molar-refractivity contribution < 1.29 is 13.9 Å². The molecule has 0 saturated carbocycles. The van der Waals surface area contributed by atoms with Gasteiger partial charge in [0.05, 0.1) is 7.11 Å². The Morgan fingerprint density at radius 2 is 1.78 bits per heavy atom. The molecule has 0 aromatic heterocycles. The van der Waals surface area contributed by atoms with Gasteiger partial charge in [0.2, 0.25) is 0 Å². The lowest BCUT2D eigenvalue weighted by molar-refractivity contribution is 0.284. The standard InChI is InChI=1S/C22H21ClFNO2/c1-15-19(23)7-4-8-20(15)25-13-16-9-10-21(22(12-16)26-2)27-14-17-5-3-6-18(24)11-17/h3-12,25H,13-14H2,1-2H3. The number of hydrogen-bond acceptors (Lipinski definition) is 3. The van der Waals surface area contributed by atoms with Crippen molar-refractivity contribution in [2.24, 2.45) is 0 Å². The second-order valence-electron chi connectivity index (χ2n) is 6.17. The highest BCUT2D eigenvalue weighted by Gasteiger charge is 2.08. The molecule has 140 valence electrons. The Labute approximate surface area is 163 Å². The van der Waals surface area contributed by atoms with Crippen LogP contribution < -0.4 is 14.8 Å². The van der Waals surface area contributed by atoms with E-state index in [2.05, 4.69) is 5.32 Å². The van der Waals surface area contributed by atoms with Gasteiger partial charge in [-0.3, -0.25) is 0 Å². The zero-order valence-electron chi connectivity index (χ0n) is 15.3. The Balaban J connectivity index is 1.67. The molecule has 0 saturated heterocycles. The second-order valence-corrected chi connectivity index (χ2v) is 6.58. The molecule has 0 atom stereocenters. The summed E-state index contributed by atoms with van der Waals surface area (Å²) >= 11 is 6.16. The van der Waals surface area contributed by atoms with E-state index in [1.54, 1.807) is 13.2 Å². The Kier molecular flexibility index (Phi) is 6.20. The van der Waals surface area contributed by atoms with Gasteiger partial charge in [0, 0.05) is 17.3 Å². The maximum atomic E-state index is 13.3. The van der Waals surface area contributed by atoms with E-state index in [0.29, 0.717) is 18.0 Å². The minimum atomic E-state index is -0.277. The quantitative estimate of drug-likeness (QED) is 0.542. The average molecular weight is 386 g/mol. The molecule has 0 bridgehead atoms. The van der Waals surface area contributed by atoms with E-state index in [0.717, 1.165) is 27.4 Å². The summed E-state index contributed by atoms with van der Waals surface area (Å²) < 4.78 is 24.5. The Morgan fingerprint density at radius 1 is 0.963 bits per heavy atom. The first-order valence-corrected chi connectivity index (χ1v) is 8.98. The number of rotatable bonds is 7. The third kappa shape index (κ3) is 4.92. The lowest BCUT2D eigenvalue weighted by Gasteiger charge is -2.14. The first-order chi connectivity index (χ1) is 13.1. The molecular weight excluding hydrogens is 365 g/mol. The van der Waals surface area contributed by atoms with Gasteiger partial charge in [-0.25, -0.2) is 4.39 Å². The summed E-state index contributed by atoms with van der Waals surface area (Å²) in [5.41, 5.74) is 3.82. The summed E-state index contributed by atoms with van der Waals surface area (Å²) in [6, 6.07) is 17.9. The van der Waals surface area contributed by atoms with Crippen LogP contribution in [0, 0.1) is 12.7 Å². The third-order valence-electron chi connectivity index (χ3n) is 4.26. The maximum absolute atomic E-state index is 13.3. The molecule has 0 aliphatic rings. The minimum Gasteiger partial charge on any atom is -0.493 e. The van der Waals surface area contributed by atoms with E-state index in [1.807, 2.05) is 49.4 Å². The van der Waals surface area contributed by atoms with E-state index < -0.39 is 0 Å². The Morgan fingerprint density at radius 3 is 2.56 bits per heavy atom. The first kappa shape index (κ1) is 19.1. The lowest BCUT2D eigenvalue weighted by atomic mass is 10.1. The molecule has 0 aliphatic heterocycles. The average Bonchev–Trinajstić information content (AvgIpc) is 2.68. The molecule has 3 aromatic carbocycles. The van der Waals surface area contributed by atoms with Gasteiger partial charge in [0.15, 0.2) is 11.5 Å². The molecular formula is C22H21ClFNO2. The highest BCUT2D eigenvalue weighted by Crippen LogP contribution is 2.30. The van der Waals surface area contributed by atoms with Crippen LogP contribution in [0.25, 0.3) is 0 Å². The van der Waals surface area contributed by atoms with Gasteiger partial charge in [-0.15, -0.1) is 0 Å². The molecule has 0 heterocycles. The fourth-order valence-electron chi connectivity index (χ4n) is 2.73. The van der Waals surface area contributed by atoms with Crippen molar-refractivity contribution in [3.8, 4) is 11.5 Å². The van der Waals surface area contributed by atoms with Gasteiger partial charge in [-0.05, 0) is 60.0 Å². The largest absolute Gasteiger partial charge is 0.493 e. The fraction of sp³-hybridized carbons (Fsp3) is 0.182. The van der Waals surface area contributed by atoms with Crippen LogP contribution >= 0.6 is 11.6 Å². The zero-order valence-corrected chi connectivity index (χ0v) is 16.0. The Hall–Kier alpha value is -2.72. The number of methoxy groups -OCH3 is 1. The van der Waals surface area contributed by atoms with Crippen LogP contribution in [-0.2, 0) is 13.2 Å². The molecule has 0 radical (unpaired) electrons. The van der Waals surface area contributed by atoms with Crippen LogP contribution in [0.4, 0.5) is 10.1 Å². The van der Waals surface area contributed by atoms with E-state index in [4.69, 9.17) is 21.1 Å². The van der Waals surface area contributed by atoms with Gasteiger partial charge in [-0.2, -0.15) is 0 Å².